The number of hydrogen-bond donors (Lipinski definition) is 3. The maximum atomic E-state index is 12.6. The quantitative estimate of drug-likeness (QED) is 0.518. The summed E-state index contributed by atoms with van der Waals surface area (Å²) in [5.74, 6) is -2.17. The van der Waals surface area contributed by atoms with Crippen molar-refractivity contribution in [1.29, 1.82) is 0 Å². The van der Waals surface area contributed by atoms with Crippen LogP contribution >= 0.6 is 0 Å². The molecular formula is C14H12F3N3O5S. The molecule has 2 aromatic rings. The summed E-state index contributed by atoms with van der Waals surface area (Å²) in [5.41, 5.74) is 0.431. The van der Waals surface area contributed by atoms with Crippen molar-refractivity contribution in [3.8, 4) is 0 Å². The molecule has 1 heterocycles. The van der Waals surface area contributed by atoms with Gasteiger partial charge in [-0.1, -0.05) is 6.07 Å². The first-order valence-electron chi connectivity index (χ1n) is 6.89. The monoisotopic (exact) mass is 391 g/mol. The van der Waals surface area contributed by atoms with E-state index in [9.17, 15) is 31.2 Å². The van der Waals surface area contributed by atoms with Crippen LogP contribution in [0.2, 0.25) is 0 Å². The van der Waals surface area contributed by atoms with Gasteiger partial charge in [-0.25, -0.2) is 8.42 Å². The molecule has 0 spiro atoms. The molecule has 0 unspecified atom stereocenters. The third-order valence-electron chi connectivity index (χ3n) is 2.98. The Bertz CT molecular complexity index is 895. The van der Waals surface area contributed by atoms with Gasteiger partial charge in [-0.15, -0.1) is 4.83 Å². The lowest BCUT2D eigenvalue weighted by Crippen LogP contribution is -2.48. The van der Waals surface area contributed by atoms with Crippen LogP contribution in [0.1, 0.15) is 11.3 Å². The Morgan fingerprint density at radius 3 is 2.42 bits per heavy atom. The summed E-state index contributed by atoms with van der Waals surface area (Å²) in [5, 5.41) is 2.16. The van der Waals surface area contributed by atoms with Gasteiger partial charge in [0.2, 0.25) is 0 Å². The Morgan fingerprint density at radius 1 is 1.08 bits per heavy atom. The number of rotatable bonds is 5. The smallest absolute Gasteiger partial charge is 0.416 e. The number of nitrogens with one attached hydrogen (secondary N) is 3. The molecule has 8 nitrogen and oxygen atoms in total. The summed E-state index contributed by atoms with van der Waals surface area (Å²) in [6, 6.07) is 5.99. The summed E-state index contributed by atoms with van der Waals surface area (Å²) >= 11 is 0. The minimum atomic E-state index is -4.74. The number of carbonyl (C=O) groups is 2. The zero-order valence-electron chi connectivity index (χ0n) is 12.8. The molecule has 2 rings (SSSR count). The molecule has 3 N–H and O–H groups in total. The predicted octanol–water partition coefficient (Wildman–Crippen LogP) is 0.924. The number of benzene rings is 1. The Morgan fingerprint density at radius 2 is 1.81 bits per heavy atom. The number of amides is 2. The minimum Gasteiger partial charge on any atom is -0.467 e. The van der Waals surface area contributed by atoms with Crippen LogP contribution < -0.4 is 15.6 Å². The maximum Gasteiger partial charge on any atom is 0.416 e. The van der Waals surface area contributed by atoms with Gasteiger partial charge in [0.25, 0.3) is 10.0 Å². The SMILES string of the molecule is O=C(NCc1ccco1)C(=O)NNS(=O)(=O)c1cccc(C(F)(F)F)c1. The Balaban J connectivity index is 1.97. The van der Waals surface area contributed by atoms with E-state index in [4.69, 9.17) is 4.42 Å². The van der Waals surface area contributed by atoms with Crippen molar-refractivity contribution in [1.82, 2.24) is 15.6 Å². The maximum absolute atomic E-state index is 12.6. The molecule has 0 saturated heterocycles. The molecule has 2 amide bonds. The Kier molecular flexibility index (Phi) is 5.67. The van der Waals surface area contributed by atoms with Crippen LogP contribution in [0.15, 0.2) is 52.0 Å². The van der Waals surface area contributed by atoms with Crippen LogP contribution in [0, 0.1) is 0 Å². The molecule has 0 aliphatic rings. The van der Waals surface area contributed by atoms with E-state index in [1.807, 2.05) is 0 Å². The van der Waals surface area contributed by atoms with E-state index in [0.29, 0.717) is 17.9 Å². The number of sulfonamides is 1. The predicted molar refractivity (Wildman–Crippen MR) is 80.5 cm³/mol. The normalized spacial score (nSPS) is 11.8. The van der Waals surface area contributed by atoms with E-state index < -0.39 is 38.5 Å². The number of hydrazine groups is 1. The summed E-state index contributed by atoms with van der Waals surface area (Å²) in [6.07, 6.45) is -3.38. The van der Waals surface area contributed by atoms with Crippen molar-refractivity contribution >= 4 is 21.8 Å². The Labute approximate surface area is 145 Å². The minimum absolute atomic E-state index is 0.111. The number of hydrogen-bond acceptors (Lipinski definition) is 5. The summed E-state index contributed by atoms with van der Waals surface area (Å²) in [7, 11) is -4.51. The van der Waals surface area contributed by atoms with Crippen molar-refractivity contribution in [3.63, 3.8) is 0 Å². The molecule has 0 radical (unpaired) electrons. The van der Waals surface area contributed by atoms with Gasteiger partial charge in [-0.3, -0.25) is 15.0 Å². The van der Waals surface area contributed by atoms with Gasteiger partial charge >= 0.3 is 18.0 Å². The lowest BCUT2D eigenvalue weighted by Gasteiger charge is -2.11. The summed E-state index contributed by atoms with van der Waals surface area (Å²) in [6.45, 7) is -0.111. The standard InChI is InChI=1S/C14H12F3N3O5S/c15-14(16,17)9-3-1-5-11(7-9)26(23,24)20-19-13(22)12(21)18-8-10-4-2-6-25-10/h1-7,20H,8H2,(H,18,21)(H,19,22). The van der Waals surface area contributed by atoms with Gasteiger partial charge in [0.05, 0.1) is 23.3 Å². The molecule has 0 aliphatic carbocycles. The van der Waals surface area contributed by atoms with Gasteiger partial charge in [0.15, 0.2) is 0 Å². The zero-order valence-corrected chi connectivity index (χ0v) is 13.6. The zero-order chi connectivity index (χ0) is 19.4. The second-order valence-electron chi connectivity index (χ2n) is 4.85. The van der Waals surface area contributed by atoms with Crippen molar-refractivity contribution in [3.05, 3.63) is 54.0 Å². The molecule has 0 atom stereocenters. The first-order chi connectivity index (χ1) is 12.1. The van der Waals surface area contributed by atoms with Crippen LogP contribution in [-0.4, -0.2) is 20.2 Å². The second kappa shape index (κ2) is 7.58. The van der Waals surface area contributed by atoms with E-state index in [-0.39, 0.29) is 6.54 Å². The topological polar surface area (TPSA) is 118 Å². The van der Waals surface area contributed by atoms with Crippen molar-refractivity contribution in [2.45, 2.75) is 17.6 Å². The van der Waals surface area contributed by atoms with Gasteiger partial charge in [-0.2, -0.15) is 13.2 Å². The molecule has 0 fully saturated rings. The lowest BCUT2D eigenvalue weighted by molar-refractivity contribution is -0.139. The average Bonchev–Trinajstić information content (AvgIpc) is 3.10. The highest BCUT2D eigenvalue weighted by atomic mass is 32.2. The van der Waals surface area contributed by atoms with Crippen LogP contribution in [-0.2, 0) is 32.3 Å². The van der Waals surface area contributed by atoms with Gasteiger partial charge < -0.3 is 9.73 Å². The fourth-order valence-corrected chi connectivity index (χ4v) is 2.61. The molecule has 1 aromatic carbocycles. The number of carbonyl (C=O) groups excluding carboxylic acids is 2. The molecule has 12 heteroatoms. The molecular weight excluding hydrogens is 379 g/mol. The van der Waals surface area contributed by atoms with Crippen LogP contribution in [0.25, 0.3) is 0 Å². The van der Waals surface area contributed by atoms with E-state index in [2.05, 4.69) is 5.32 Å². The largest absolute Gasteiger partial charge is 0.467 e. The molecule has 0 aliphatic heterocycles. The van der Waals surface area contributed by atoms with Gasteiger partial charge in [0.1, 0.15) is 5.76 Å². The van der Waals surface area contributed by atoms with E-state index in [1.165, 1.54) is 12.3 Å². The molecule has 1 aromatic heterocycles. The molecule has 140 valence electrons. The Hall–Kier alpha value is -2.86. The average molecular weight is 391 g/mol. The fourth-order valence-electron chi connectivity index (χ4n) is 1.73. The van der Waals surface area contributed by atoms with Crippen LogP contribution in [0.3, 0.4) is 0 Å². The number of alkyl halides is 3. The van der Waals surface area contributed by atoms with Crippen molar-refractivity contribution in [2.75, 3.05) is 0 Å². The lowest BCUT2D eigenvalue weighted by atomic mass is 10.2. The van der Waals surface area contributed by atoms with Crippen molar-refractivity contribution < 1.29 is 35.6 Å². The first-order valence-corrected chi connectivity index (χ1v) is 8.37. The molecule has 26 heavy (non-hydrogen) atoms. The van der Waals surface area contributed by atoms with Crippen molar-refractivity contribution in [2.24, 2.45) is 0 Å². The third kappa shape index (κ3) is 5.07. The van der Waals surface area contributed by atoms with E-state index >= 15 is 0 Å². The van der Waals surface area contributed by atoms with Gasteiger partial charge in [-0.05, 0) is 30.3 Å². The summed E-state index contributed by atoms with van der Waals surface area (Å²) < 4.78 is 66.7. The molecule has 0 saturated carbocycles. The number of furan rings is 1. The third-order valence-corrected chi connectivity index (χ3v) is 4.23. The van der Waals surface area contributed by atoms with Gasteiger partial charge in [0, 0.05) is 0 Å². The molecule has 0 bridgehead atoms. The van der Waals surface area contributed by atoms with Crippen LogP contribution in [0.5, 0.6) is 0 Å². The second-order valence-corrected chi connectivity index (χ2v) is 6.53. The van der Waals surface area contributed by atoms with E-state index in [1.54, 1.807) is 16.3 Å². The van der Waals surface area contributed by atoms with Crippen LogP contribution in [0.4, 0.5) is 13.2 Å². The number of halogens is 3. The fraction of sp³-hybridized carbons (Fsp3) is 0.143. The van der Waals surface area contributed by atoms with E-state index in [0.717, 1.165) is 12.1 Å². The highest BCUT2D eigenvalue weighted by Crippen LogP contribution is 2.30. The highest BCUT2D eigenvalue weighted by molar-refractivity contribution is 7.89. The summed E-state index contributed by atoms with van der Waals surface area (Å²) in [4.78, 5) is 23.9. The first kappa shape index (κ1) is 19.5. The highest BCUT2D eigenvalue weighted by Gasteiger charge is 2.31.